The van der Waals surface area contributed by atoms with Crippen molar-refractivity contribution >= 4 is 5.91 Å². The van der Waals surface area contributed by atoms with Crippen LogP contribution in [0.1, 0.15) is 22.1 Å². The molecular weight excluding hydrogens is 346 g/mol. The fourth-order valence-corrected chi connectivity index (χ4v) is 2.81. The van der Waals surface area contributed by atoms with Gasteiger partial charge in [0.15, 0.2) is 0 Å². The van der Waals surface area contributed by atoms with Gasteiger partial charge in [0, 0.05) is 44.6 Å². The number of ether oxygens (including phenoxy) is 1. The van der Waals surface area contributed by atoms with E-state index in [0.717, 1.165) is 11.3 Å². The smallest absolute Gasteiger partial charge is 0.266 e. The summed E-state index contributed by atoms with van der Waals surface area (Å²) in [6, 6.07) is 11.7. The van der Waals surface area contributed by atoms with E-state index in [1.807, 2.05) is 19.2 Å². The first-order valence-corrected chi connectivity index (χ1v) is 8.42. The summed E-state index contributed by atoms with van der Waals surface area (Å²) in [6.07, 6.45) is 1.68. The van der Waals surface area contributed by atoms with Crippen molar-refractivity contribution in [1.29, 1.82) is 0 Å². The zero-order valence-corrected chi connectivity index (χ0v) is 15.4. The molecule has 0 radical (unpaired) electrons. The third-order valence-corrected chi connectivity index (χ3v) is 4.24. The minimum Gasteiger partial charge on any atom is -0.382 e. The summed E-state index contributed by atoms with van der Waals surface area (Å²) in [5, 5.41) is 11.3. The van der Waals surface area contributed by atoms with Crippen molar-refractivity contribution in [3.8, 4) is 11.3 Å². The zero-order valence-electron chi connectivity index (χ0n) is 15.4. The summed E-state index contributed by atoms with van der Waals surface area (Å²) in [5.74, 6) is -0.232. The van der Waals surface area contributed by atoms with Gasteiger partial charge in [0.1, 0.15) is 0 Å². The summed E-state index contributed by atoms with van der Waals surface area (Å²) in [7, 11) is 4.99. The number of hydrogen-bond acceptors (Lipinski definition) is 5. The first kappa shape index (κ1) is 18.5. The monoisotopic (exact) mass is 367 g/mol. The van der Waals surface area contributed by atoms with Crippen molar-refractivity contribution in [2.45, 2.75) is 6.04 Å². The lowest BCUT2D eigenvalue weighted by atomic mass is 10.1. The Kier molecular flexibility index (Phi) is 5.46. The Morgan fingerprint density at radius 3 is 2.67 bits per heavy atom. The molecule has 0 aliphatic heterocycles. The number of benzene rings is 1. The van der Waals surface area contributed by atoms with Gasteiger partial charge in [-0.15, -0.1) is 0 Å². The van der Waals surface area contributed by atoms with E-state index in [2.05, 4.69) is 15.5 Å². The molecule has 0 bridgehead atoms. The molecular formula is C19H21N5O3. The molecule has 0 saturated carbocycles. The quantitative estimate of drug-likeness (QED) is 0.709. The second kappa shape index (κ2) is 7.96. The van der Waals surface area contributed by atoms with Gasteiger partial charge < -0.3 is 10.1 Å². The number of aromatic nitrogens is 4. The van der Waals surface area contributed by atoms with Crippen molar-refractivity contribution in [3.05, 3.63) is 70.3 Å². The molecule has 0 aliphatic rings. The predicted octanol–water partition coefficient (Wildman–Crippen LogP) is 1.30. The highest BCUT2D eigenvalue weighted by Gasteiger charge is 2.19. The van der Waals surface area contributed by atoms with E-state index in [9.17, 15) is 9.59 Å². The van der Waals surface area contributed by atoms with Gasteiger partial charge in [0.2, 0.25) is 0 Å². The van der Waals surface area contributed by atoms with Gasteiger partial charge in [-0.2, -0.15) is 10.2 Å². The van der Waals surface area contributed by atoms with E-state index in [-0.39, 0.29) is 17.5 Å². The summed E-state index contributed by atoms with van der Waals surface area (Å²) in [6.45, 7) is 0.327. The molecule has 2 aromatic heterocycles. The van der Waals surface area contributed by atoms with Crippen molar-refractivity contribution in [2.75, 3.05) is 13.7 Å². The van der Waals surface area contributed by atoms with Crippen LogP contribution in [0.5, 0.6) is 0 Å². The maximum atomic E-state index is 12.8. The zero-order chi connectivity index (χ0) is 19.4. The van der Waals surface area contributed by atoms with E-state index in [1.54, 1.807) is 49.3 Å². The number of methoxy groups -OCH3 is 1. The minimum atomic E-state index is -0.325. The van der Waals surface area contributed by atoms with Crippen LogP contribution in [0.15, 0.2) is 53.5 Å². The molecule has 1 amide bonds. The highest BCUT2D eigenvalue weighted by Crippen LogP contribution is 2.18. The lowest BCUT2D eigenvalue weighted by Gasteiger charge is -2.18. The van der Waals surface area contributed by atoms with Crippen LogP contribution in [0.4, 0.5) is 0 Å². The number of aryl methyl sites for hydroxylation is 2. The normalized spacial score (nSPS) is 12.0. The van der Waals surface area contributed by atoms with E-state index >= 15 is 0 Å². The highest BCUT2D eigenvalue weighted by atomic mass is 16.5. The van der Waals surface area contributed by atoms with Crippen molar-refractivity contribution in [2.24, 2.45) is 14.1 Å². The van der Waals surface area contributed by atoms with Crippen molar-refractivity contribution < 1.29 is 9.53 Å². The number of nitrogens with one attached hydrogen (secondary N) is 1. The standard InChI is InChI=1S/C19H21N5O3/c1-23-17(9-10-20-23)16(12-27-3)21-19(26)14-6-4-5-13(11-14)15-7-8-18(25)24(2)22-15/h4-11,16H,12H2,1-3H3,(H,21,26). The molecule has 2 heterocycles. The van der Waals surface area contributed by atoms with E-state index in [1.165, 1.54) is 10.7 Å². The second-order valence-corrected chi connectivity index (χ2v) is 6.12. The molecule has 140 valence electrons. The van der Waals surface area contributed by atoms with E-state index in [4.69, 9.17) is 4.74 Å². The summed E-state index contributed by atoms with van der Waals surface area (Å²) in [4.78, 5) is 24.3. The van der Waals surface area contributed by atoms with Gasteiger partial charge in [-0.1, -0.05) is 12.1 Å². The Morgan fingerprint density at radius 1 is 1.19 bits per heavy atom. The number of carbonyl (C=O) groups excluding carboxylic acids is 1. The van der Waals surface area contributed by atoms with Crippen LogP contribution in [0.25, 0.3) is 11.3 Å². The predicted molar refractivity (Wildman–Crippen MR) is 100 cm³/mol. The van der Waals surface area contributed by atoms with Gasteiger partial charge in [-0.25, -0.2) is 4.68 Å². The average molecular weight is 367 g/mol. The Bertz CT molecular complexity index is 1010. The van der Waals surface area contributed by atoms with Gasteiger partial charge in [0.25, 0.3) is 11.5 Å². The first-order chi connectivity index (χ1) is 13.0. The SMILES string of the molecule is COCC(NC(=O)c1cccc(-c2ccc(=O)n(C)n2)c1)c1ccnn1C. The molecule has 3 aromatic rings. The van der Waals surface area contributed by atoms with E-state index < -0.39 is 0 Å². The number of amides is 1. The third kappa shape index (κ3) is 4.12. The molecule has 1 unspecified atom stereocenters. The first-order valence-electron chi connectivity index (χ1n) is 8.42. The number of hydrogen-bond donors (Lipinski definition) is 1. The largest absolute Gasteiger partial charge is 0.382 e. The lowest BCUT2D eigenvalue weighted by Crippen LogP contribution is -2.32. The molecule has 8 nitrogen and oxygen atoms in total. The van der Waals surface area contributed by atoms with Crippen molar-refractivity contribution in [1.82, 2.24) is 24.9 Å². The topological polar surface area (TPSA) is 91.0 Å². The minimum absolute atomic E-state index is 0.189. The van der Waals surface area contributed by atoms with Crippen LogP contribution in [0.3, 0.4) is 0 Å². The van der Waals surface area contributed by atoms with Crippen molar-refractivity contribution in [3.63, 3.8) is 0 Å². The number of nitrogens with zero attached hydrogens (tertiary/aromatic N) is 4. The maximum absolute atomic E-state index is 12.8. The molecule has 8 heteroatoms. The van der Waals surface area contributed by atoms with Crippen LogP contribution in [0, 0.1) is 0 Å². The molecule has 1 atom stereocenters. The summed E-state index contributed by atoms with van der Waals surface area (Å²) >= 11 is 0. The average Bonchev–Trinajstić information content (AvgIpc) is 3.09. The summed E-state index contributed by atoms with van der Waals surface area (Å²) in [5.41, 5.74) is 2.52. The van der Waals surface area contributed by atoms with Crippen LogP contribution in [-0.4, -0.2) is 39.2 Å². The second-order valence-electron chi connectivity index (χ2n) is 6.12. The Morgan fingerprint density at radius 2 is 2.00 bits per heavy atom. The number of carbonyl (C=O) groups is 1. The molecule has 0 spiro atoms. The highest BCUT2D eigenvalue weighted by molar-refractivity contribution is 5.95. The molecule has 3 rings (SSSR count). The van der Waals surface area contributed by atoms with Gasteiger partial charge >= 0.3 is 0 Å². The van der Waals surface area contributed by atoms with Crippen LogP contribution in [0.2, 0.25) is 0 Å². The molecule has 1 aromatic carbocycles. The molecule has 27 heavy (non-hydrogen) atoms. The molecule has 1 N–H and O–H groups in total. The van der Waals surface area contributed by atoms with E-state index in [0.29, 0.717) is 17.9 Å². The Balaban J connectivity index is 1.85. The maximum Gasteiger partial charge on any atom is 0.266 e. The van der Waals surface area contributed by atoms with Crippen LogP contribution < -0.4 is 10.9 Å². The van der Waals surface area contributed by atoms with Crippen LogP contribution in [-0.2, 0) is 18.8 Å². The molecule has 0 aliphatic carbocycles. The van der Waals surface area contributed by atoms with Gasteiger partial charge in [0.05, 0.1) is 24.0 Å². The Labute approximate surface area is 156 Å². The molecule has 0 saturated heterocycles. The fourth-order valence-electron chi connectivity index (χ4n) is 2.81. The number of rotatable bonds is 6. The van der Waals surface area contributed by atoms with Crippen LogP contribution >= 0.6 is 0 Å². The summed E-state index contributed by atoms with van der Waals surface area (Å²) < 4.78 is 8.20. The lowest BCUT2D eigenvalue weighted by molar-refractivity contribution is 0.0892. The van der Waals surface area contributed by atoms with Gasteiger partial charge in [-0.3, -0.25) is 14.3 Å². The molecule has 0 fully saturated rings. The van der Waals surface area contributed by atoms with Gasteiger partial charge in [-0.05, 0) is 24.3 Å². The third-order valence-electron chi connectivity index (χ3n) is 4.24. The Hall–Kier alpha value is -3.26. The fraction of sp³-hybridized carbons (Fsp3) is 0.263.